The van der Waals surface area contributed by atoms with Gasteiger partial charge in [-0.05, 0) is 36.8 Å². The summed E-state index contributed by atoms with van der Waals surface area (Å²) in [7, 11) is 0. The Hall–Kier alpha value is -3.25. The summed E-state index contributed by atoms with van der Waals surface area (Å²) in [6.07, 6.45) is 11.5. The highest BCUT2D eigenvalue weighted by Gasteiger charge is 2.19. The van der Waals surface area contributed by atoms with Gasteiger partial charge in [0, 0.05) is 28.0 Å². The molecular weight excluding hydrogens is 488 g/mol. The van der Waals surface area contributed by atoms with E-state index in [-0.39, 0.29) is 17.1 Å². The van der Waals surface area contributed by atoms with Crippen LogP contribution in [0.2, 0.25) is 5.02 Å². The molecule has 0 fully saturated rings. The number of unbranched alkanes of at least 4 members (excludes halogenated alkanes) is 9. The number of aromatic hydroxyl groups is 1. The number of carbonyl (C=O) groups excluding carboxylic acids is 2. The van der Waals surface area contributed by atoms with Gasteiger partial charge in [-0.2, -0.15) is 0 Å². The molecule has 0 spiro atoms. The molecule has 0 unspecified atom stereocenters. The molecule has 7 heteroatoms. The number of rotatable bonds is 14. The largest absolute Gasteiger partial charge is 0.506 e. The van der Waals surface area contributed by atoms with Crippen molar-refractivity contribution in [3.05, 3.63) is 65.2 Å². The standard InChI is InChI=1S/C30H37ClN2O4/c1-2-3-4-5-6-7-8-9-10-13-20-32-29(35)26-21-27(24-14-11-12-15-25(24)28(26)34)37-30(36)33-23-18-16-22(31)17-19-23/h11-12,14-19,21,34H,2-10,13,20H2,1H3,(H,32,35)(H,33,36). The lowest BCUT2D eigenvalue weighted by molar-refractivity contribution is 0.0950. The molecule has 0 radical (unpaired) electrons. The number of hydrogen-bond acceptors (Lipinski definition) is 4. The minimum absolute atomic E-state index is 0.0695. The third-order valence-electron chi connectivity index (χ3n) is 6.33. The van der Waals surface area contributed by atoms with Crippen LogP contribution < -0.4 is 15.4 Å². The van der Waals surface area contributed by atoms with E-state index in [0.717, 1.165) is 19.3 Å². The zero-order valence-corrected chi connectivity index (χ0v) is 22.3. The molecule has 0 saturated heterocycles. The van der Waals surface area contributed by atoms with Crippen molar-refractivity contribution in [1.29, 1.82) is 0 Å². The molecule has 3 rings (SSSR count). The molecule has 3 aromatic carbocycles. The number of anilines is 1. The van der Waals surface area contributed by atoms with Crippen molar-refractivity contribution < 1.29 is 19.4 Å². The first-order valence-corrected chi connectivity index (χ1v) is 13.6. The molecule has 0 atom stereocenters. The Morgan fingerprint density at radius 3 is 2.08 bits per heavy atom. The molecule has 0 aromatic heterocycles. The molecule has 3 N–H and O–H groups in total. The molecule has 0 heterocycles. The van der Waals surface area contributed by atoms with Gasteiger partial charge in [-0.25, -0.2) is 4.79 Å². The Balaban J connectivity index is 1.55. The Kier molecular flexibility index (Phi) is 11.6. The lowest BCUT2D eigenvalue weighted by Crippen LogP contribution is -2.25. The zero-order chi connectivity index (χ0) is 26.5. The number of fused-ring (bicyclic) bond motifs is 1. The van der Waals surface area contributed by atoms with Crippen LogP contribution in [0.5, 0.6) is 11.5 Å². The van der Waals surface area contributed by atoms with Crippen LogP contribution in [0.4, 0.5) is 10.5 Å². The first kappa shape index (κ1) is 28.3. The summed E-state index contributed by atoms with van der Waals surface area (Å²) < 4.78 is 5.54. The van der Waals surface area contributed by atoms with E-state index in [4.69, 9.17) is 16.3 Å². The first-order valence-electron chi connectivity index (χ1n) is 13.3. The van der Waals surface area contributed by atoms with Crippen LogP contribution in [0.25, 0.3) is 10.8 Å². The van der Waals surface area contributed by atoms with E-state index in [1.807, 2.05) is 0 Å². The van der Waals surface area contributed by atoms with Crippen molar-refractivity contribution in [2.75, 3.05) is 11.9 Å². The summed E-state index contributed by atoms with van der Waals surface area (Å²) in [5.41, 5.74) is 0.590. The molecule has 2 amide bonds. The van der Waals surface area contributed by atoms with E-state index in [0.29, 0.717) is 28.0 Å². The molecule has 0 aliphatic rings. The Morgan fingerprint density at radius 1 is 0.838 bits per heavy atom. The predicted molar refractivity (Wildman–Crippen MR) is 151 cm³/mol. The first-order chi connectivity index (χ1) is 18.0. The summed E-state index contributed by atoms with van der Waals surface area (Å²) >= 11 is 5.89. The fourth-order valence-electron chi connectivity index (χ4n) is 4.27. The van der Waals surface area contributed by atoms with E-state index in [1.54, 1.807) is 48.5 Å². The van der Waals surface area contributed by atoms with Gasteiger partial charge < -0.3 is 15.2 Å². The van der Waals surface area contributed by atoms with Crippen molar-refractivity contribution in [3.63, 3.8) is 0 Å². The number of phenolic OH excluding ortho intramolecular Hbond substituents is 1. The quantitative estimate of drug-likeness (QED) is 0.184. The minimum Gasteiger partial charge on any atom is -0.506 e. The van der Waals surface area contributed by atoms with Crippen molar-refractivity contribution in [2.24, 2.45) is 0 Å². The average molecular weight is 525 g/mol. The summed E-state index contributed by atoms with van der Waals surface area (Å²) in [6, 6.07) is 15.0. The monoisotopic (exact) mass is 524 g/mol. The van der Waals surface area contributed by atoms with Gasteiger partial charge in [-0.1, -0.05) is 101 Å². The fourth-order valence-corrected chi connectivity index (χ4v) is 4.40. The van der Waals surface area contributed by atoms with E-state index in [1.165, 1.54) is 51.0 Å². The summed E-state index contributed by atoms with van der Waals surface area (Å²) in [5.74, 6) is -0.354. The number of nitrogens with one attached hydrogen (secondary N) is 2. The van der Waals surface area contributed by atoms with Crippen LogP contribution in [0.15, 0.2) is 54.6 Å². The Morgan fingerprint density at radius 2 is 1.43 bits per heavy atom. The number of phenols is 1. The fraction of sp³-hybridized carbons (Fsp3) is 0.400. The van der Waals surface area contributed by atoms with Crippen molar-refractivity contribution in [3.8, 4) is 11.5 Å². The highest BCUT2D eigenvalue weighted by atomic mass is 35.5. The number of hydrogen-bond donors (Lipinski definition) is 3. The second kappa shape index (κ2) is 15.1. The van der Waals surface area contributed by atoms with E-state index in [2.05, 4.69) is 17.6 Å². The van der Waals surface area contributed by atoms with Gasteiger partial charge in [0.15, 0.2) is 0 Å². The van der Waals surface area contributed by atoms with Crippen molar-refractivity contribution >= 4 is 40.1 Å². The van der Waals surface area contributed by atoms with E-state index < -0.39 is 12.0 Å². The van der Waals surface area contributed by atoms with Crippen LogP contribution in [-0.2, 0) is 0 Å². The van der Waals surface area contributed by atoms with Gasteiger partial charge in [0.2, 0.25) is 0 Å². The molecule has 3 aromatic rings. The molecule has 0 saturated carbocycles. The topological polar surface area (TPSA) is 87.7 Å². The average Bonchev–Trinajstić information content (AvgIpc) is 2.90. The van der Waals surface area contributed by atoms with Gasteiger partial charge in [-0.3, -0.25) is 10.1 Å². The maximum Gasteiger partial charge on any atom is 0.417 e. The molecule has 198 valence electrons. The van der Waals surface area contributed by atoms with Gasteiger partial charge in [-0.15, -0.1) is 0 Å². The van der Waals surface area contributed by atoms with Crippen LogP contribution in [-0.4, -0.2) is 23.7 Å². The number of amides is 2. The van der Waals surface area contributed by atoms with Crippen LogP contribution in [0, 0.1) is 0 Å². The van der Waals surface area contributed by atoms with Gasteiger partial charge in [0.05, 0.1) is 5.56 Å². The smallest absolute Gasteiger partial charge is 0.417 e. The zero-order valence-electron chi connectivity index (χ0n) is 21.5. The predicted octanol–water partition coefficient (Wildman–Crippen LogP) is 8.46. The number of benzene rings is 3. The molecule has 0 aliphatic heterocycles. The number of ether oxygens (including phenoxy) is 1. The van der Waals surface area contributed by atoms with E-state index >= 15 is 0 Å². The van der Waals surface area contributed by atoms with Crippen LogP contribution in [0.1, 0.15) is 81.5 Å². The van der Waals surface area contributed by atoms with Gasteiger partial charge >= 0.3 is 6.09 Å². The Labute approximate surface area is 224 Å². The molecule has 37 heavy (non-hydrogen) atoms. The van der Waals surface area contributed by atoms with Crippen LogP contribution in [0.3, 0.4) is 0 Å². The highest BCUT2D eigenvalue weighted by molar-refractivity contribution is 6.30. The third-order valence-corrected chi connectivity index (χ3v) is 6.58. The second-order valence-electron chi connectivity index (χ2n) is 9.28. The molecular formula is C30H37ClN2O4. The molecule has 0 aliphatic carbocycles. The highest BCUT2D eigenvalue weighted by Crippen LogP contribution is 2.36. The minimum atomic E-state index is -0.713. The number of carbonyl (C=O) groups is 2. The Bertz CT molecular complexity index is 1160. The van der Waals surface area contributed by atoms with Gasteiger partial charge in [0.25, 0.3) is 5.91 Å². The summed E-state index contributed by atoms with van der Waals surface area (Å²) in [6.45, 7) is 2.75. The second-order valence-corrected chi connectivity index (χ2v) is 9.71. The lowest BCUT2D eigenvalue weighted by Gasteiger charge is -2.14. The third kappa shape index (κ3) is 8.97. The molecule has 0 bridgehead atoms. The SMILES string of the molecule is CCCCCCCCCCCCNC(=O)c1cc(OC(=O)Nc2ccc(Cl)cc2)c2ccccc2c1O. The van der Waals surface area contributed by atoms with Crippen LogP contribution >= 0.6 is 11.6 Å². The summed E-state index contributed by atoms with van der Waals surface area (Å²) in [4.78, 5) is 25.4. The maximum atomic E-state index is 12.9. The van der Waals surface area contributed by atoms with Crippen molar-refractivity contribution in [1.82, 2.24) is 5.32 Å². The van der Waals surface area contributed by atoms with E-state index in [9.17, 15) is 14.7 Å². The molecule has 6 nitrogen and oxygen atoms in total. The van der Waals surface area contributed by atoms with Crippen molar-refractivity contribution in [2.45, 2.75) is 71.1 Å². The lowest BCUT2D eigenvalue weighted by atomic mass is 10.0. The van der Waals surface area contributed by atoms with Gasteiger partial charge in [0.1, 0.15) is 11.5 Å². The summed E-state index contributed by atoms with van der Waals surface area (Å²) in [5, 5.41) is 17.8. The normalized spacial score (nSPS) is 10.9. The number of halogens is 1. The maximum absolute atomic E-state index is 12.9.